The average molecular weight is 383 g/mol. The van der Waals surface area contributed by atoms with E-state index >= 15 is 0 Å². The van der Waals surface area contributed by atoms with E-state index in [1.54, 1.807) is 11.1 Å². The second-order valence-electron chi connectivity index (χ2n) is 7.48. The number of pyridine rings is 1. The van der Waals surface area contributed by atoms with E-state index in [0.29, 0.717) is 38.9 Å². The van der Waals surface area contributed by atoms with Crippen LogP contribution in [0.5, 0.6) is 0 Å². The fourth-order valence-corrected chi connectivity index (χ4v) is 3.65. The summed E-state index contributed by atoms with van der Waals surface area (Å²) in [6.07, 6.45) is 5.49. The summed E-state index contributed by atoms with van der Waals surface area (Å²) < 4.78 is 0. The highest BCUT2D eigenvalue weighted by Gasteiger charge is 2.31. The summed E-state index contributed by atoms with van der Waals surface area (Å²) in [5.41, 5.74) is 2.93. The van der Waals surface area contributed by atoms with Crippen molar-refractivity contribution in [3.05, 3.63) is 47.5 Å². The minimum absolute atomic E-state index is 0.0852. The molecule has 7 heteroatoms. The number of rotatable bonds is 8. The molecule has 0 unspecified atom stereocenters. The first-order valence-electron chi connectivity index (χ1n) is 10.0. The predicted octanol–water partition coefficient (Wildman–Crippen LogP) is 2.20. The average Bonchev–Trinajstić information content (AvgIpc) is 3.14. The monoisotopic (exact) mass is 383 g/mol. The maximum absolute atomic E-state index is 12.9. The Morgan fingerprint density at radius 3 is 2.93 bits per heavy atom. The summed E-state index contributed by atoms with van der Waals surface area (Å²) in [6, 6.07) is 7.81. The predicted molar refractivity (Wildman–Crippen MR) is 106 cm³/mol. The van der Waals surface area contributed by atoms with Gasteiger partial charge in [0, 0.05) is 44.9 Å². The molecule has 1 N–H and O–H groups in total. The van der Waals surface area contributed by atoms with Gasteiger partial charge in [-0.3, -0.25) is 19.7 Å². The SMILES string of the molecule is CCCc1cc(CN(C)C(=O)[C@H]2CCC(=O)N(CCc3ccccn3)C2)[nH]n1. The Morgan fingerprint density at radius 1 is 1.32 bits per heavy atom. The summed E-state index contributed by atoms with van der Waals surface area (Å²) in [4.78, 5) is 33.0. The van der Waals surface area contributed by atoms with E-state index < -0.39 is 0 Å². The zero-order valence-corrected chi connectivity index (χ0v) is 16.7. The molecular weight excluding hydrogens is 354 g/mol. The van der Waals surface area contributed by atoms with Crippen LogP contribution in [0.3, 0.4) is 0 Å². The Balaban J connectivity index is 1.54. The van der Waals surface area contributed by atoms with Crippen LogP contribution < -0.4 is 0 Å². The van der Waals surface area contributed by atoms with Gasteiger partial charge in [0.2, 0.25) is 11.8 Å². The number of piperidine rings is 1. The molecule has 0 aliphatic carbocycles. The molecule has 150 valence electrons. The highest BCUT2D eigenvalue weighted by Crippen LogP contribution is 2.20. The maximum atomic E-state index is 12.9. The third-order valence-electron chi connectivity index (χ3n) is 5.19. The summed E-state index contributed by atoms with van der Waals surface area (Å²) >= 11 is 0. The van der Waals surface area contributed by atoms with Crippen LogP contribution in [0.4, 0.5) is 0 Å². The van der Waals surface area contributed by atoms with Crippen LogP contribution in [-0.2, 0) is 29.0 Å². The first-order valence-corrected chi connectivity index (χ1v) is 10.0. The number of nitrogens with zero attached hydrogens (tertiary/aromatic N) is 4. The van der Waals surface area contributed by atoms with Crippen LogP contribution in [0.1, 0.15) is 43.3 Å². The number of aromatic amines is 1. The molecule has 1 aliphatic heterocycles. The second-order valence-corrected chi connectivity index (χ2v) is 7.48. The largest absolute Gasteiger partial charge is 0.342 e. The van der Waals surface area contributed by atoms with Gasteiger partial charge < -0.3 is 9.80 Å². The minimum Gasteiger partial charge on any atom is -0.342 e. The number of likely N-dealkylation sites (tertiary alicyclic amines) is 1. The van der Waals surface area contributed by atoms with E-state index in [4.69, 9.17) is 0 Å². The summed E-state index contributed by atoms with van der Waals surface area (Å²) in [5.74, 6) is 0.0619. The van der Waals surface area contributed by atoms with Gasteiger partial charge in [-0.1, -0.05) is 19.4 Å². The molecule has 2 amide bonds. The molecule has 2 aromatic heterocycles. The molecule has 0 spiro atoms. The number of hydrogen-bond acceptors (Lipinski definition) is 4. The Morgan fingerprint density at radius 2 is 2.18 bits per heavy atom. The van der Waals surface area contributed by atoms with E-state index in [2.05, 4.69) is 22.1 Å². The number of carbonyl (C=O) groups excluding carboxylic acids is 2. The number of aryl methyl sites for hydroxylation is 1. The van der Waals surface area contributed by atoms with Crippen LogP contribution in [-0.4, -0.2) is 56.9 Å². The summed E-state index contributed by atoms with van der Waals surface area (Å²) in [6.45, 7) is 3.71. The van der Waals surface area contributed by atoms with Gasteiger partial charge in [-0.25, -0.2) is 0 Å². The fraction of sp³-hybridized carbons (Fsp3) is 0.524. The van der Waals surface area contributed by atoms with Crippen LogP contribution in [0.2, 0.25) is 0 Å². The molecule has 0 aromatic carbocycles. The zero-order chi connectivity index (χ0) is 19.9. The van der Waals surface area contributed by atoms with Gasteiger partial charge in [0.1, 0.15) is 0 Å². The lowest BCUT2D eigenvalue weighted by molar-refractivity contribution is -0.142. The van der Waals surface area contributed by atoms with E-state index in [9.17, 15) is 9.59 Å². The molecule has 3 heterocycles. The molecule has 0 bridgehead atoms. The van der Waals surface area contributed by atoms with Crippen molar-refractivity contribution in [2.24, 2.45) is 5.92 Å². The van der Waals surface area contributed by atoms with Crippen molar-refractivity contribution in [1.82, 2.24) is 25.0 Å². The van der Waals surface area contributed by atoms with Crippen LogP contribution >= 0.6 is 0 Å². The Hall–Kier alpha value is -2.70. The Bertz CT molecular complexity index is 789. The van der Waals surface area contributed by atoms with E-state index in [1.807, 2.05) is 36.2 Å². The third kappa shape index (κ3) is 5.18. The van der Waals surface area contributed by atoms with Crippen molar-refractivity contribution < 1.29 is 9.59 Å². The highest BCUT2D eigenvalue weighted by molar-refractivity contribution is 5.83. The van der Waals surface area contributed by atoms with Gasteiger partial charge in [0.25, 0.3) is 0 Å². The second kappa shape index (κ2) is 9.48. The molecule has 28 heavy (non-hydrogen) atoms. The Labute approximate surface area is 166 Å². The van der Waals surface area contributed by atoms with Crippen LogP contribution in [0, 0.1) is 5.92 Å². The Kier molecular flexibility index (Phi) is 6.79. The van der Waals surface area contributed by atoms with Gasteiger partial charge in [-0.15, -0.1) is 0 Å². The molecule has 7 nitrogen and oxygen atoms in total. The molecule has 1 saturated heterocycles. The number of nitrogens with one attached hydrogen (secondary N) is 1. The normalized spacial score (nSPS) is 17.0. The summed E-state index contributed by atoms with van der Waals surface area (Å²) in [7, 11) is 1.82. The van der Waals surface area contributed by atoms with Crippen LogP contribution in [0.15, 0.2) is 30.5 Å². The van der Waals surface area contributed by atoms with Crippen molar-refractivity contribution in [1.29, 1.82) is 0 Å². The van der Waals surface area contributed by atoms with Gasteiger partial charge in [-0.05, 0) is 31.0 Å². The van der Waals surface area contributed by atoms with Gasteiger partial charge in [0.05, 0.1) is 23.9 Å². The first-order chi connectivity index (χ1) is 13.6. The summed E-state index contributed by atoms with van der Waals surface area (Å²) in [5, 5.41) is 7.30. The number of amides is 2. The third-order valence-corrected chi connectivity index (χ3v) is 5.19. The molecular formula is C21H29N5O2. The molecule has 1 atom stereocenters. The van der Waals surface area contributed by atoms with Gasteiger partial charge in [0.15, 0.2) is 0 Å². The first kappa shape index (κ1) is 20.0. The van der Waals surface area contributed by atoms with Gasteiger partial charge in [-0.2, -0.15) is 5.10 Å². The zero-order valence-electron chi connectivity index (χ0n) is 16.7. The molecule has 0 radical (unpaired) electrons. The van der Waals surface area contributed by atoms with Crippen molar-refractivity contribution in [2.75, 3.05) is 20.1 Å². The number of hydrogen-bond donors (Lipinski definition) is 1. The van der Waals surface area contributed by atoms with Crippen molar-refractivity contribution in [3.63, 3.8) is 0 Å². The molecule has 1 aliphatic rings. The molecule has 1 fully saturated rings. The lowest BCUT2D eigenvalue weighted by Gasteiger charge is -2.33. The van der Waals surface area contributed by atoms with E-state index in [-0.39, 0.29) is 17.7 Å². The van der Waals surface area contributed by atoms with Crippen molar-refractivity contribution >= 4 is 11.8 Å². The number of aromatic nitrogens is 3. The number of H-pyrrole nitrogens is 1. The van der Waals surface area contributed by atoms with Crippen molar-refractivity contribution in [3.8, 4) is 0 Å². The van der Waals surface area contributed by atoms with E-state index in [0.717, 1.165) is 29.9 Å². The fourth-order valence-electron chi connectivity index (χ4n) is 3.65. The maximum Gasteiger partial charge on any atom is 0.227 e. The minimum atomic E-state index is -0.149. The lowest BCUT2D eigenvalue weighted by Crippen LogP contribution is -2.46. The van der Waals surface area contributed by atoms with Crippen LogP contribution in [0.25, 0.3) is 0 Å². The molecule has 0 saturated carbocycles. The highest BCUT2D eigenvalue weighted by atomic mass is 16.2. The molecule has 3 rings (SSSR count). The molecule has 2 aromatic rings. The quantitative estimate of drug-likeness (QED) is 0.758. The number of carbonyl (C=O) groups is 2. The van der Waals surface area contributed by atoms with Crippen molar-refractivity contribution in [2.45, 2.75) is 45.6 Å². The lowest BCUT2D eigenvalue weighted by atomic mass is 9.95. The smallest absolute Gasteiger partial charge is 0.227 e. The van der Waals surface area contributed by atoms with Gasteiger partial charge >= 0.3 is 0 Å². The van der Waals surface area contributed by atoms with E-state index in [1.165, 1.54) is 0 Å². The standard InChI is InChI=1S/C21H29N5O2/c1-3-6-18-13-19(24-23-18)15-25(2)21(28)16-8-9-20(27)26(14-16)12-10-17-7-4-5-11-22-17/h4-5,7,11,13,16H,3,6,8-10,12,14-15H2,1-2H3,(H,23,24)/t16-/m0/s1. The topological polar surface area (TPSA) is 82.2 Å².